The van der Waals surface area contributed by atoms with Gasteiger partial charge in [0.15, 0.2) is 6.61 Å². The van der Waals surface area contributed by atoms with Crippen molar-refractivity contribution in [2.75, 3.05) is 11.9 Å². The number of para-hydroxylation sites is 1. The third-order valence-electron chi connectivity index (χ3n) is 2.58. The Bertz CT molecular complexity index is 645. The van der Waals surface area contributed by atoms with Gasteiger partial charge in [0.2, 0.25) is 0 Å². The molecule has 5 nitrogen and oxygen atoms in total. The van der Waals surface area contributed by atoms with E-state index in [0.29, 0.717) is 17.0 Å². The summed E-state index contributed by atoms with van der Waals surface area (Å²) in [5, 5.41) is 14.3. The van der Waals surface area contributed by atoms with Crippen LogP contribution in [0.5, 0.6) is 5.75 Å². The first-order valence-electron chi connectivity index (χ1n) is 6.14. The molecule has 0 saturated heterocycles. The SMILES string of the molecule is O=C(COc1ccc(Br)cc1/C=N\O)Nc1ccccc1. The van der Waals surface area contributed by atoms with Crippen molar-refractivity contribution in [1.29, 1.82) is 0 Å². The Morgan fingerprint density at radius 3 is 2.76 bits per heavy atom. The van der Waals surface area contributed by atoms with E-state index in [0.717, 1.165) is 4.47 Å². The van der Waals surface area contributed by atoms with Gasteiger partial charge >= 0.3 is 0 Å². The molecule has 21 heavy (non-hydrogen) atoms. The lowest BCUT2D eigenvalue weighted by atomic mass is 10.2. The van der Waals surface area contributed by atoms with Gasteiger partial charge in [0.1, 0.15) is 5.75 Å². The lowest BCUT2D eigenvalue weighted by molar-refractivity contribution is -0.118. The fraction of sp³-hybridized carbons (Fsp3) is 0.0667. The number of amides is 1. The fourth-order valence-corrected chi connectivity index (χ4v) is 2.05. The summed E-state index contributed by atoms with van der Waals surface area (Å²) in [5.74, 6) is 0.190. The highest BCUT2D eigenvalue weighted by Gasteiger charge is 2.07. The molecule has 0 aromatic heterocycles. The number of nitrogens with one attached hydrogen (secondary N) is 1. The second kappa shape index (κ2) is 7.44. The monoisotopic (exact) mass is 348 g/mol. The molecule has 0 heterocycles. The summed E-state index contributed by atoms with van der Waals surface area (Å²) in [4.78, 5) is 11.8. The Balaban J connectivity index is 1.98. The van der Waals surface area contributed by atoms with Gasteiger partial charge in [-0.3, -0.25) is 4.79 Å². The number of ether oxygens (including phenoxy) is 1. The number of hydrogen-bond donors (Lipinski definition) is 2. The number of oxime groups is 1. The molecule has 0 bridgehead atoms. The highest BCUT2D eigenvalue weighted by molar-refractivity contribution is 9.10. The van der Waals surface area contributed by atoms with Gasteiger partial charge in [0, 0.05) is 15.7 Å². The predicted octanol–water partition coefficient (Wildman–Crippen LogP) is 3.27. The van der Waals surface area contributed by atoms with E-state index in [2.05, 4.69) is 26.4 Å². The first-order chi connectivity index (χ1) is 10.2. The third kappa shape index (κ3) is 4.61. The Morgan fingerprint density at radius 2 is 2.05 bits per heavy atom. The van der Waals surface area contributed by atoms with Crippen molar-refractivity contribution in [3.63, 3.8) is 0 Å². The van der Waals surface area contributed by atoms with Gasteiger partial charge in [-0.05, 0) is 30.3 Å². The Morgan fingerprint density at radius 1 is 1.29 bits per heavy atom. The van der Waals surface area contributed by atoms with E-state index in [1.54, 1.807) is 30.3 Å². The summed E-state index contributed by atoms with van der Waals surface area (Å²) in [6.45, 7) is -0.136. The zero-order chi connectivity index (χ0) is 15.1. The molecular weight excluding hydrogens is 336 g/mol. The van der Waals surface area contributed by atoms with Gasteiger partial charge in [-0.2, -0.15) is 0 Å². The lowest BCUT2D eigenvalue weighted by Gasteiger charge is -2.09. The number of anilines is 1. The Hall–Kier alpha value is -2.34. The number of nitrogens with zero attached hydrogens (tertiary/aromatic N) is 1. The second-order valence-electron chi connectivity index (χ2n) is 4.13. The molecule has 6 heteroatoms. The van der Waals surface area contributed by atoms with Crippen LogP contribution >= 0.6 is 15.9 Å². The maximum atomic E-state index is 11.8. The van der Waals surface area contributed by atoms with Crippen LogP contribution < -0.4 is 10.1 Å². The summed E-state index contributed by atoms with van der Waals surface area (Å²) in [6, 6.07) is 14.3. The van der Waals surface area contributed by atoms with Crippen molar-refractivity contribution >= 4 is 33.7 Å². The fourth-order valence-electron chi connectivity index (χ4n) is 1.68. The van der Waals surface area contributed by atoms with Crippen LogP contribution in [0.4, 0.5) is 5.69 Å². The van der Waals surface area contributed by atoms with Gasteiger partial charge in [0.25, 0.3) is 5.91 Å². The molecule has 0 aliphatic heterocycles. The van der Waals surface area contributed by atoms with Crippen molar-refractivity contribution < 1.29 is 14.7 Å². The molecule has 0 fully saturated rings. The molecular formula is C15H13BrN2O3. The number of hydrogen-bond acceptors (Lipinski definition) is 4. The van der Waals surface area contributed by atoms with E-state index in [9.17, 15) is 4.79 Å². The van der Waals surface area contributed by atoms with E-state index in [4.69, 9.17) is 9.94 Å². The topological polar surface area (TPSA) is 70.9 Å². The molecule has 0 aliphatic rings. The second-order valence-corrected chi connectivity index (χ2v) is 5.05. The van der Waals surface area contributed by atoms with Gasteiger partial charge in [-0.15, -0.1) is 0 Å². The van der Waals surface area contributed by atoms with E-state index in [1.165, 1.54) is 6.21 Å². The molecule has 0 unspecified atom stereocenters. The average molecular weight is 349 g/mol. The van der Waals surface area contributed by atoms with Crippen molar-refractivity contribution in [2.45, 2.75) is 0 Å². The predicted molar refractivity (Wildman–Crippen MR) is 84.1 cm³/mol. The number of carbonyl (C=O) groups is 1. The summed E-state index contributed by atoms with van der Waals surface area (Å²) in [5.41, 5.74) is 1.28. The lowest BCUT2D eigenvalue weighted by Crippen LogP contribution is -2.20. The smallest absolute Gasteiger partial charge is 0.262 e. The van der Waals surface area contributed by atoms with Crippen molar-refractivity contribution in [3.05, 3.63) is 58.6 Å². The molecule has 108 valence electrons. The molecule has 2 aromatic rings. The zero-order valence-corrected chi connectivity index (χ0v) is 12.6. The van der Waals surface area contributed by atoms with Crippen LogP contribution in [0.25, 0.3) is 0 Å². The molecule has 2 rings (SSSR count). The van der Waals surface area contributed by atoms with E-state index < -0.39 is 0 Å². The molecule has 1 amide bonds. The highest BCUT2D eigenvalue weighted by atomic mass is 79.9. The largest absolute Gasteiger partial charge is 0.483 e. The zero-order valence-electron chi connectivity index (χ0n) is 11.0. The summed E-state index contributed by atoms with van der Waals surface area (Å²) in [6.07, 6.45) is 1.25. The standard InChI is InChI=1S/C15H13BrN2O3/c16-12-6-7-14(11(8-12)9-17-20)21-10-15(19)18-13-4-2-1-3-5-13/h1-9,20H,10H2,(H,18,19)/b17-9-. The molecule has 0 saturated carbocycles. The molecule has 2 aromatic carbocycles. The minimum absolute atomic E-state index is 0.136. The van der Waals surface area contributed by atoms with Crippen LogP contribution in [0, 0.1) is 0 Å². The molecule has 0 spiro atoms. The van der Waals surface area contributed by atoms with Crippen molar-refractivity contribution in [2.24, 2.45) is 5.16 Å². The minimum atomic E-state index is -0.268. The quantitative estimate of drug-likeness (QED) is 0.494. The molecule has 2 N–H and O–H groups in total. The number of benzene rings is 2. The Labute approximate surface area is 130 Å². The Kier molecular flexibility index (Phi) is 5.34. The van der Waals surface area contributed by atoms with Crippen LogP contribution in [-0.4, -0.2) is 23.9 Å². The van der Waals surface area contributed by atoms with Gasteiger partial charge in [0.05, 0.1) is 6.21 Å². The average Bonchev–Trinajstić information content (AvgIpc) is 2.48. The summed E-state index contributed by atoms with van der Waals surface area (Å²) in [7, 11) is 0. The number of rotatable bonds is 5. The van der Waals surface area contributed by atoms with Crippen LogP contribution in [-0.2, 0) is 4.79 Å². The molecule has 0 aliphatic carbocycles. The normalized spacial score (nSPS) is 10.5. The van der Waals surface area contributed by atoms with E-state index >= 15 is 0 Å². The van der Waals surface area contributed by atoms with Crippen LogP contribution in [0.1, 0.15) is 5.56 Å². The van der Waals surface area contributed by atoms with E-state index in [1.807, 2.05) is 18.2 Å². The molecule has 0 radical (unpaired) electrons. The first-order valence-corrected chi connectivity index (χ1v) is 6.93. The van der Waals surface area contributed by atoms with Crippen molar-refractivity contribution in [3.8, 4) is 5.75 Å². The third-order valence-corrected chi connectivity index (χ3v) is 3.08. The van der Waals surface area contributed by atoms with Crippen molar-refractivity contribution in [1.82, 2.24) is 0 Å². The van der Waals surface area contributed by atoms with Crippen LogP contribution in [0.15, 0.2) is 58.2 Å². The van der Waals surface area contributed by atoms with Gasteiger partial charge < -0.3 is 15.3 Å². The van der Waals surface area contributed by atoms with Crippen LogP contribution in [0.3, 0.4) is 0 Å². The number of carbonyl (C=O) groups excluding carboxylic acids is 1. The van der Waals surface area contributed by atoms with Crippen LogP contribution in [0.2, 0.25) is 0 Å². The highest BCUT2D eigenvalue weighted by Crippen LogP contribution is 2.21. The molecule has 0 atom stereocenters. The summed E-state index contributed by atoms with van der Waals surface area (Å²) >= 11 is 3.31. The first kappa shape index (κ1) is 15.1. The maximum Gasteiger partial charge on any atom is 0.262 e. The van der Waals surface area contributed by atoms with Gasteiger partial charge in [-0.25, -0.2) is 0 Å². The van der Waals surface area contributed by atoms with E-state index in [-0.39, 0.29) is 12.5 Å². The minimum Gasteiger partial charge on any atom is -0.483 e. The summed E-state index contributed by atoms with van der Waals surface area (Å²) < 4.78 is 6.26. The van der Waals surface area contributed by atoms with Gasteiger partial charge in [-0.1, -0.05) is 39.3 Å². The number of halogens is 1. The maximum absolute atomic E-state index is 11.8.